The van der Waals surface area contributed by atoms with Gasteiger partial charge in [0, 0.05) is 31.4 Å². The summed E-state index contributed by atoms with van der Waals surface area (Å²) in [6.45, 7) is 0.683. The van der Waals surface area contributed by atoms with Crippen molar-refractivity contribution in [2.24, 2.45) is 4.99 Å². The molecule has 2 fully saturated rings. The Morgan fingerprint density at radius 2 is 1.88 bits per heavy atom. The van der Waals surface area contributed by atoms with Gasteiger partial charge in [0.25, 0.3) is 0 Å². The number of nitrogens with one attached hydrogen (secondary N) is 2. The summed E-state index contributed by atoms with van der Waals surface area (Å²) in [5.41, 5.74) is 1.09. The molecule has 0 spiro atoms. The molecule has 0 amide bonds. The Labute approximate surface area is 168 Å². The van der Waals surface area contributed by atoms with Crippen LogP contribution in [0.1, 0.15) is 63.4 Å². The molecule has 0 aliphatic heterocycles. The largest absolute Gasteiger partial charge is 0.474 e. The number of halogens is 1. The quantitative estimate of drug-likeness (QED) is 0.398. The van der Waals surface area contributed by atoms with Crippen LogP contribution in [-0.2, 0) is 6.54 Å². The Bertz CT molecular complexity index is 540. The van der Waals surface area contributed by atoms with Gasteiger partial charge < -0.3 is 15.4 Å². The lowest BCUT2D eigenvalue weighted by Crippen LogP contribution is -2.43. The van der Waals surface area contributed by atoms with Crippen molar-refractivity contribution in [2.45, 2.75) is 76.5 Å². The summed E-state index contributed by atoms with van der Waals surface area (Å²) in [6, 6.07) is 4.60. The lowest BCUT2D eigenvalue weighted by atomic mass is 9.96. The number of nitrogens with zero attached hydrogens (tertiary/aromatic N) is 2. The average molecular weight is 458 g/mol. The van der Waals surface area contributed by atoms with Crippen LogP contribution < -0.4 is 15.4 Å². The van der Waals surface area contributed by atoms with Gasteiger partial charge in [-0.05, 0) is 44.6 Å². The van der Waals surface area contributed by atoms with Gasteiger partial charge in [0.1, 0.15) is 6.10 Å². The minimum Gasteiger partial charge on any atom is -0.474 e. The molecule has 5 nitrogen and oxygen atoms in total. The van der Waals surface area contributed by atoms with Crippen molar-refractivity contribution in [3.63, 3.8) is 0 Å². The predicted octanol–water partition coefficient (Wildman–Crippen LogP) is 4.02. The SMILES string of the molecule is CN=C(NCc1cccnc1OC1CCCC1)NC1CCCCC1.I. The maximum atomic E-state index is 6.11. The molecule has 1 aromatic heterocycles. The molecule has 2 N–H and O–H groups in total. The van der Waals surface area contributed by atoms with Crippen LogP contribution in [0.4, 0.5) is 0 Å². The molecule has 0 aromatic carbocycles. The summed E-state index contributed by atoms with van der Waals surface area (Å²) >= 11 is 0. The van der Waals surface area contributed by atoms with E-state index in [2.05, 4.69) is 26.7 Å². The standard InChI is InChI=1S/C19H30N4O.HI/c1-20-19(23-16-9-3-2-4-10-16)22-14-15-8-7-13-21-18(15)24-17-11-5-6-12-17;/h7-8,13,16-17H,2-6,9-12,14H2,1H3,(H2,20,22,23);1H. The molecule has 140 valence electrons. The van der Waals surface area contributed by atoms with E-state index in [0.717, 1.165) is 30.2 Å². The van der Waals surface area contributed by atoms with Crippen LogP contribution in [0.5, 0.6) is 5.88 Å². The average Bonchev–Trinajstić information content (AvgIpc) is 3.13. The summed E-state index contributed by atoms with van der Waals surface area (Å²) < 4.78 is 6.11. The molecule has 6 heteroatoms. The number of pyridine rings is 1. The van der Waals surface area contributed by atoms with Crippen molar-refractivity contribution in [1.82, 2.24) is 15.6 Å². The topological polar surface area (TPSA) is 58.5 Å². The fourth-order valence-electron chi connectivity index (χ4n) is 3.64. The van der Waals surface area contributed by atoms with Gasteiger partial charge in [0.2, 0.25) is 5.88 Å². The summed E-state index contributed by atoms with van der Waals surface area (Å²) in [5, 5.41) is 6.96. The zero-order chi connectivity index (χ0) is 16.6. The maximum Gasteiger partial charge on any atom is 0.218 e. The Kier molecular flexibility index (Phi) is 8.78. The molecule has 0 atom stereocenters. The Balaban J connectivity index is 0.00000225. The van der Waals surface area contributed by atoms with Gasteiger partial charge in [0.15, 0.2) is 5.96 Å². The molecule has 0 unspecified atom stereocenters. The van der Waals surface area contributed by atoms with E-state index < -0.39 is 0 Å². The van der Waals surface area contributed by atoms with Gasteiger partial charge in [-0.2, -0.15) is 0 Å². The van der Waals surface area contributed by atoms with Crippen molar-refractivity contribution >= 4 is 29.9 Å². The molecule has 1 aromatic rings. The van der Waals surface area contributed by atoms with Crippen LogP contribution in [0.3, 0.4) is 0 Å². The highest BCUT2D eigenvalue weighted by atomic mass is 127. The van der Waals surface area contributed by atoms with E-state index in [1.165, 1.54) is 44.9 Å². The van der Waals surface area contributed by atoms with Crippen LogP contribution >= 0.6 is 24.0 Å². The second-order valence-electron chi connectivity index (χ2n) is 6.90. The first kappa shape index (κ1) is 20.3. The Hall–Kier alpha value is -1.05. The van der Waals surface area contributed by atoms with Crippen LogP contribution in [0.15, 0.2) is 23.3 Å². The van der Waals surface area contributed by atoms with Crippen molar-refractivity contribution < 1.29 is 4.74 Å². The second-order valence-corrected chi connectivity index (χ2v) is 6.90. The van der Waals surface area contributed by atoms with Crippen LogP contribution in [0.25, 0.3) is 0 Å². The monoisotopic (exact) mass is 458 g/mol. The number of guanidine groups is 1. The number of ether oxygens (including phenoxy) is 1. The van der Waals surface area contributed by atoms with Gasteiger partial charge in [-0.15, -0.1) is 24.0 Å². The first-order chi connectivity index (χ1) is 11.8. The van der Waals surface area contributed by atoms with Crippen molar-refractivity contribution in [3.05, 3.63) is 23.9 Å². The van der Waals surface area contributed by atoms with Crippen molar-refractivity contribution in [2.75, 3.05) is 7.05 Å². The van der Waals surface area contributed by atoms with E-state index in [0.29, 0.717) is 18.7 Å². The van der Waals surface area contributed by atoms with Crippen LogP contribution in [-0.4, -0.2) is 30.1 Å². The summed E-state index contributed by atoms with van der Waals surface area (Å²) in [6.07, 6.45) is 13.4. The minimum atomic E-state index is 0. The van der Waals surface area contributed by atoms with Gasteiger partial charge in [-0.25, -0.2) is 4.98 Å². The Morgan fingerprint density at radius 1 is 1.16 bits per heavy atom. The maximum absolute atomic E-state index is 6.11. The predicted molar refractivity (Wildman–Crippen MR) is 113 cm³/mol. The smallest absolute Gasteiger partial charge is 0.218 e. The Morgan fingerprint density at radius 3 is 2.60 bits per heavy atom. The highest BCUT2D eigenvalue weighted by molar-refractivity contribution is 14.0. The van der Waals surface area contributed by atoms with E-state index in [4.69, 9.17) is 4.74 Å². The van der Waals surface area contributed by atoms with Gasteiger partial charge in [-0.3, -0.25) is 4.99 Å². The lowest BCUT2D eigenvalue weighted by molar-refractivity contribution is 0.199. The highest BCUT2D eigenvalue weighted by Gasteiger charge is 2.19. The highest BCUT2D eigenvalue weighted by Crippen LogP contribution is 2.25. The molecular weight excluding hydrogens is 427 g/mol. The molecule has 25 heavy (non-hydrogen) atoms. The number of aliphatic imine (C=N–C) groups is 1. The molecule has 1 heterocycles. The molecule has 2 saturated carbocycles. The fraction of sp³-hybridized carbons (Fsp3) is 0.684. The molecule has 2 aliphatic rings. The van der Waals surface area contributed by atoms with E-state index >= 15 is 0 Å². The van der Waals surface area contributed by atoms with Gasteiger partial charge >= 0.3 is 0 Å². The lowest BCUT2D eigenvalue weighted by Gasteiger charge is -2.25. The third-order valence-corrected chi connectivity index (χ3v) is 5.05. The third kappa shape index (κ3) is 6.31. The third-order valence-electron chi connectivity index (χ3n) is 5.05. The van der Waals surface area contributed by atoms with Crippen LogP contribution in [0, 0.1) is 0 Å². The molecule has 0 bridgehead atoms. The van der Waals surface area contributed by atoms with E-state index in [9.17, 15) is 0 Å². The first-order valence-electron chi connectivity index (χ1n) is 9.43. The van der Waals surface area contributed by atoms with Crippen molar-refractivity contribution in [3.8, 4) is 5.88 Å². The van der Waals surface area contributed by atoms with Gasteiger partial charge in [-0.1, -0.05) is 25.3 Å². The molecule has 0 radical (unpaired) electrons. The van der Waals surface area contributed by atoms with E-state index in [-0.39, 0.29) is 24.0 Å². The second kappa shape index (κ2) is 10.8. The van der Waals surface area contributed by atoms with E-state index in [1.807, 2.05) is 19.3 Å². The zero-order valence-electron chi connectivity index (χ0n) is 15.2. The normalized spacial score (nSPS) is 19.3. The minimum absolute atomic E-state index is 0. The summed E-state index contributed by atoms with van der Waals surface area (Å²) in [5.74, 6) is 1.64. The number of rotatable bonds is 5. The zero-order valence-corrected chi connectivity index (χ0v) is 17.5. The molecular formula is C19H31IN4O. The summed E-state index contributed by atoms with van der Waals surface area (Å²) in [4.78, 5) is 8.80. The van der Waals surface area contributed by atoms with Gasteiger partial charge in [0.05, 0.1) is 0 Å². The number of hydrogen-bond acceptors (Lipinski definition) is 3. The van der Waals surface area contributed by atoms with Crippen LogP contribution in [0.2, 0.25) is 0 Å². The number of aromatic nitrogens is 1. The summed E-state index contributed by atoms with van der Waals surface area (Å²) in [7, 11) is 1.83. The molecule has 0 saturated heterocycles. The van der Waals surface area contributed by atoms with E-state index in [1.54, 1.807) is 0 Å². The van der Waals surface area contributed by atoms with Crippen molar-refractivity contribution in [1.29, 1.82) is 0 Å². The molecule has 2 aliphatic carbocycles. The fourth-order valence-corrected chi connectivity index (χ4v) is 3.64. The molecule has 3 rings (SSSR count). The first-order valence-corrected chi connectivity index (χ1v) is 9.43. The number of hydrogen-bond donors (Lipinski definition) is 2.